The number of nitrogens with zero attached hydrogens (tertiary/aromatic N) is 3. The van der Waals surface area contributed by atoms with E-state index in [1.54, 1.807) is 4.57 Å². The number of hydrogen-bond donors (Lipinski definition) is 0. The molecule has 0 saturated heterocycles. The Kier molecular flexibility index (Phi) is 13.5. The van der Waals surface area contributed by atoms with Crippen molar-refractivity contribution in [1.29, 1.82) is 0 Å². The van der Waals surface area contributed by atoms with Gasteiger partial charge in [-0.15, -0.1) is 0 Å². The Morgan fingerprint density at radius 2 is 0.725 bits per heavy atom. The van der Waals surface area contributed by atoms with Crippen molar-refractivity contribution in [2.45, 2.75) is 175 Å². The number of anilines is 6. The molecule has 0 amide bonds. The third-order valence-electron chi connectivity index (χ3n) is 22.1. The lowest BCUT2D eigenvalue weighted by Gasteiger charge is -2.47. The molecule has 0 radical (unpaired) electrons. The van der Waals surface area contributed by atoms with Crippen LogP contribution in [0.4, 0.5) is 34.1 Å². The van der Waals surface area contributed by atoms with Crippen molar-refractivity contribution in [3.63, 3.8) is 0 Å². The largest absolute Gasteiger partial charge is 0.309 e. The molecule has 3 heterocycles. The molecule has 0 spiro atoms. The first-order valence-corrected chi connectivity index (χ1v) is 36.6. The molecule has 1 unspecified atom stereocenters. The smallest absolute Gasteiger partial charge is 0.0645 e. The second-order valence-electron chi connectivity index (χ2n) is 35.3. The van der Waals surface area contributed by atoms with Crippen molar-refractivity contribution in [3.8, 4) is 39.1 Å². The lowest BCUT2D eigenvalue weighted by atomic mass is 9.71. The van der Waals surface area contributed by atoms with Crippen LogP contribution in [0, 0.1) is 0 Å². The summed E-state index contributed by atoms with van der Waals surface area (Å²) < 4.78 is 77.5. The van der Waals surface area contributed by atoms with Crippen LogP contribution in [0.3, 0.4) is 0 Å². The van der Waals surface area contributed by atoms with Gasteiger partial charge in [0.15, 0.2) is 0 Å². The number of benzene rings is 12. The van der Waals surface area contributed by atoms with E-state index in [0.717, 1.165) is 102 Å². The molecular weight excluding hydrogens is 1230 g/mol. The summed E-state index contributed by atoms with van der Waals surface area (Å²) in [6.45, 7) is 41.0. The summed E-state index contributed by atoms with van der Waals surface area (Å²) in [5, 5.41) is 0.0519. The molecule has 0 fully saturated rings. The Labute approximate surface area is 618 Å². The van der Waals surface area contributed by atoms with Crippen LogP contribution in [0.25, 0.3) is 60.9 Å². The first-order valence-electron chi connectivity index (χ1n) is 40.6. The summed E-state index contributed by atoms with van der Waals surface area (Å²) in [5.74, 6) is -0.702. The summed E-state index contributed by atoms with van der Waals surface area (Å²) in [4.78, 5) is 5.07. The van der Waals surface area contributed by atoms with Gasteiger partial charge in [-0.05, 0) is 206 Å². The van der Waals surface area contributed by atoms with Gasteiger partial charge in [0.2, 0.25) is 0 Å². The molecule has 16 rings (SSSR count). The van der Waals surface area contributed by atoms with E-state index in [-0.39, 0.29) is 84.4 Å². The number of hydrogen-bond acceptors (Lipinski definition) is 2. The highest BCUT2D eigenvalue weighted by Crippen LogP contribution is 2.64. The average Bonchev–Trinajstić information content (AvgIpc) is 0.876. The van der Waals surface area contributed by atoms with Crippen molar-refractivity contribution in [2.24, 2.45) is 0 Å². The molecule has 0 N–H and O–H groups in total. The monoisotopic (exact) mass is 1340 g/mol. The highest BCUT2D eigenvalue weighted by Gasteiger charge is 2.44. The molecule has 12 aromatic carbocycles. The zero-order valence-corrected chi connectivity index (χ0v) is 62.8. The van der Waals surface area contributed by atoms with Crippen molar-refractivity contribution in [3.05, 3.63) is 326 Å². The van der Waals surface area contributed by atoms with Gasteiger partial charge < -0.3 is 14.4 Å². The molecule has 1 aromatic heterocycles. The zero-order valence-electron chi connectivity index (χ0n) is 70.8. The maximum atomic E-state index is 9.88. The standard InChI is InChI=1S/C99H99N3/c1-94(2,3)68-40-35-61(36-41-68)80-58-70(96(7,8)9)44-49-85(80)101-87-48-39-63(66-52-72(98(13,14)15)57-73(53-66)99(16,17)18)54-82(87)92-79-47-46-74(100-83-33-25-23-31-77(83)78-32-24-26-34-84(78)100)60-88(79)102(86-50-45-71(97(10,11)12)59-81(86)62-37-42-69(43-38-62)95(4,5)6)90-56-67(55-89(101)93(90)92)91-75-29-21-19-27-64(75)51-65-28-20-22-30-76(65)91/h19-50,52-60,91-92H,51H2,1-18H3/i23D,24D,25D,26D,31D,32D,33D,34D. The third-order valence-corrected chi connectivity index (χ3v) is 22.1. The van der Waals surface area contributed by atoms with Crippen molar-refractivity contribution >= 4 is 55.9 Å². The molecule has 0 bridgehead atoms. The Hall–Kier alpha value is -9.96. The van der Waals surface area contributed by atoms with Crippen molar-refractivity contribution < 1.29 is 11.0 Å². The lowest BCUT2D eigenvalue weighted by molar-refractivity contribution is 0.569. The molecule has 1 atom stereocenters. The molecule has 2 aliphatic heterocycles. The minimum absolute atomic E-state index is 0.0260. The van der Waals surface area contributed by atoms with Gasteiger partial charge in [-0.3, -0.25) is 0 Å². The highest BCUT2D eigenvalue weighted by atomic mass is 15.2. The van der Waals surface area contributed by atoms with Gasteiger partial charge in [-0.25, -0.2) is 0 Å². The van der Waals surface area contributed by atoms with Gasteiger partial charge in [-0.1, -0.05) is 300 Å². The SMILES string of the molecule is [2H]c1c([2H])c([2H])c2c(c1[2H])c1c([2H])c([2H])c([2H])c([2H])c1n2-c1ccc2c(c1)N(c1ccc(C(C)(C)C)cc1-c1ccc(C(C)(C)C)cc1)c1cc(C3c4ccccc4Cc4ccccc43)cc3c1C2c1cc(-c2cc(C(C)(C)C)cc(C(C)(C)C)c2)ccc1N3c1ccc(C(C)(C)C)cc1-c1ccc(C(C)(C)C)cc1. The molecule has 510 valence electrons. The van der Waals surface area contributed by atoms with Gasteiger partial charge in [0, 0.05) is 45.0 Å². The molecule has 3 nitrogen and oxygen atoms in total. The van der Waals surface area contributed by atoms with E-state index in [9.17, 15) is 8.22 Å². The van der Waals surface area contributed by atoms with Gasteiger partial charge in [0.25, 0.3) is 0 Å². The second-order valence-corrected chi connectivity index (χ2v) is 35.3. The van der Waals surface area contributed by atoms with Gasteiger partial charge in [0.1, 0.15) is 0 Å². The average molecular weight is 1340 g/mol. The number of aromatic nitrogens is 1. The molecule has 102 heavy (non-hydrogen) atoms. The van der Waals surface area contributed by atoms with Crippen LogP contribution in [-0.2, 0) is 38.9 Å². The van der Waals surface area contributed by atoms with Crippen molar-refractivity contribution in [2.75, 3.05) is 9.80 Å². The van der Waals surface area contributed by atoms with E-state index in [4.69, 9.17) is 2.74 Å². The Bertz CT molecular complexity index is 5840. The van der Waals surface area contributed by atoms with Gasteiger partial charge in [-0.2, -0.15) is 0 Å². The van der Waals surface area contributed by atoms with Crippen LogP contribution < -0.4 is 9.80 Å². The Morgan fingerprint density at radius 1 is 0.304 bits per heavy atom. The maximum Gasteiger partial charge on any atom is 0.0645 e. The number of fused-ring (bicyclic) bond motifs is 9. The van der Waals surface area contributed by atoms with Crippen LogP contribution in [0.5, 0.6) is 0 Å². The van der Waals surface area contributed by atoms with E-state index in [2.05, 4.69) is 329 Å². The second kappa shape index (κ2) is 23.8. The third kappa shape index (κ3) is 11.4. The van der Waals surface area contributed by atoms with Crippen LogP contribution >= 0.6 is 0 Å². The van der Waals surface area contributed by atoms with Crippen LogP contribution in [0.2, 0.25) is 0 Å². The summed E-state index contributed by atoms with van der Waals surface area (Å²) in [6, 6.07) is 72.6. The summed E-state index contributed by atoms with van der Waals surface area (Å²) in [6.07, 6.45) is 0.791. The first-order chi connectivity index (χ1) is 51.7. The summed E-state index contributed by atoms with van der Waals surface area (Å²) in [5.41, 5.74) is 28.3. The molecule has 1 aliphatic carbocycles. The highest BCUT2D eigenvalue weighted by molar-refractivity contribution is 6.10. The molecule has 13 aromatic rings. The first kappa shape index (κ1) is 57.6. The zero-order chi connectivity index (χ0) is 78.4. The predicted octanol–water partition coefficient (Wildman–Crippen LogP) is 27.4. The van der Waals surface area contributed by atoms with E-state index >= 15 is 0 Å². The van der Waals surface area contributed by atoms with E-state index in [1.807, 2.05) is 6.07 Å². The fraction of sp³-hybridized carbons (Fsp3) is 0.273. The van der Waals surface area contributed by atoms with Crippen LogP contribution in [0.15, 0.2) is 249 Å². The van der Waals surface area contributed by atoms with E-state index in [1.165, 1.54) is 50.1 Å². The quantitative estimate of drug-likeness (QED) is 0.158. The van der Waals surface area contributed by atoms with Crippen LogP contribution in [-0.4, -0.2) is 4.57 Å². The fourth-order valence-corrected chi connectivity index (χ4v) is 16.2. The maximum absolute atomic E-state index is 9.88. The fourth-order valence-electron chi connectivity index (χ4n) is 16.2. The van der Waals surface area contributed by atoms with E-state index < -0.39 is 30.1 Å². The topological polar surface area (TPSA) is 11.4 Å². The number of para-hydroxylation sites is 2. The summed E-state index contributed by atoms with van der Waals surface area (Å²) in [7, 11) is 0. The molecule has 3 aliphatic rings. The van der Waals surface area contributed by atoms with Crippen LogP contribution in [0.1, 0.15) is 225 Å². The predicted molar refractivity (Wildman–Crippen MR) is 436 cm³/mol. The van der Waals surface area contributed by atoms with Gasteiger partial charge in [0.05, 0.1) is 56.1 Å². The van der Waals surface area contributed by atoms with Gasteiger partial charge >= 0.3 is 0 Å². The minimum Gasteiger partial charge on any atom is -0.309 e. The lowest BCUT2D eigenvalue weighted by Crippen LogP contribution is -2.30. The minimum atomic E-state index is -0.487. The molecule has 3 heteroatoms. The molecule has 0 saturated carbocycles. The summed E-state index contributed by atoms with van der Waals surface area (Å²) >= 11 is 0. The normalized spacial score (nSPS) is 15.8. The van der Waals surface area contributed by atoms with Crippen molar-refractivity contribution in [1.82, 2.24) is 4.57 Å². The Morgan fingerprint density at radius 3 is 1.20 bits per heavy atom. The number of rotatable bonds is 7. The molecular formula is C99H99N3. The van der Waals surface area contributed by atoms with E-state index in [0.29, 0.717) is 5.69 Å². The Balaban J connectivity index is 1.11.